The van der Waals surface area contributed by atoms with Crippen LogP contribution in [0.4, 0.5) is 0 Å². The van der Waals surface area contributed by atoms with Gasteiger partial charge >= 0.3 is 0 Å². The van der Waals surface area contributed by atoms with Crippen molar-refractivity contribution in [3.63, 3.8) is 0 Å². The van der Waals surface area contributed by atoms with E-state index in [1.807, 2.05) is 28.0 Å². The van der Waals surface area contributed by atoms with E-state index in [4.69, 9.17) is 9.47 Å². The molecule has 234 valence electrons. The fourth-order valence-electron chi connectivity index (χ4n) is 6.49. The van der Waals surface area contributed by atoms with E-state index in [1.54, 1.807) is 14.0 Å². The van der Waals surface area contributed by atoms with Gasteiger partial charge in [-0.05, 0) is 69.6 Å². The van der Waals surface area contributed by atoms with Crippen molar-refractivity contribution < 1.29 is 23.9 Å². The molecule has 2 heterocycles. The molecule has 1 aromatic rings. The Bertz CT molecular complexity index is 1070. The van der Waals surface area contributed by atoms with Crippen molar-refractivity contribution in [3.8, 4) is 5.75 Å². The number of piperidine rings is 1. The number of likely N-dealkylation sites (tertiary alicyclic amines) is 1. The molecular formula is C33H52N4O5. The molecule has 3 aliphatic rings. The van der Waals surface area contributed by atoms with Gasteiger partial charge in [0, 0.05) is 89.8 Å². The molecule has 2 saturated heterocycles. The minimum atomic E-state index is 0.00146. The molecule has 3 fully saturated rings. The van der Waals surface area contributed by atoms with Gasteiger partial charge in [-0.3, -0.25) is 14.4 Å². The van der Waals surface area contributed by atoms with Crippen LogP contribution in [0.2, 0.25) is 0 Å². The minimum Gasteiger partial charge on any atom is -0.493 e. The predicted molar refractivity (Wildman–Crippen MR) is 164 cm³/mol. The summed E-state index contributed by atoms with van der Waals surface area (Å²) in [5, 5.41) is 3.54. The summed E-state index contributed by atoms with van der Waals surface area (Å²) in [4.78, 5) is 45.4. The average Bonchev–Trinajstić information content (AvgIpc) is 3.71. The third-order valence-electron chi connectivity index (χ3n) is 9.17. The first-order chi connectivity index (χ1) is 20.2. The summed E-state index contributed by atoms with van der Waals surface area (Å²) in [6.45, 7) is 12.7. The molecule has 2 aliphatic heterocycles. The quantitative estimate of drug-likeness (QED) is 0.335. The molecule has 1 saturated carbocycles. The first kappa shape index (κ1) is 32.3. The topological polar surface area (TPSA) is 91.4 Å². The molecule has 0 spiro atoms. The second-order valence-electron chi connectivity index (χ2n) is 12.6. The molecule has 42 heavy (non-hydrogen) atoms. The van der Waals surface area contributed by atoms with Gasteiger partial charge in [-0.25, -0.2) is 0 Å². The van der Waals surface area contributed by atoms with Gasteiger partial charge in [0.25, 0.3) is 5.91 Å². The summed E-state index contributed by atoms with van der Waals surface area (Å²) in [6.07, 6.45) is 6.07. The summed E-state index contributed by atoms with van der Waals surface area (Å²) < 4.78 is 11.2. The molecule has 2 atom stereocenters. The van der Waals surface area contributed by atoms with Crippen molar-refractivity contribution in [1.29, 1.82) is 0 Å². The lowest BCUT2D eigenvalue weighted by molar-refractivity contribution is -0.136. The lowest BCUT2D eigenvalue weighted by atomic mass is 9.92. The molecule has 0 bridgehead atoms. The molecule has 1 aromatic carbocycles. The number of hydrogen-bond acceptors (Lipinski definition) is 6. The van der Waals surface area contributed by atoms with Crippen LogP contribution in [-0.4, -0.2) is 104 Å². The number of carbonyl (C=O) groups excluding carboxylic acids is 3. The van der Waals surface area contributed by atoms with E-state index in [0.717, 1.165) is 76.0 Å². The maximum atomic E-state index is 13.9. The van der Waals surface area contributed by atoms with Gasteiger partial charge in [0.2, 0.25) is 11.8 Å². The molecule has 1 unspecified atom stereocenters. The molecule has 1 N–H and O–H groups in total. The molecule has 9 nitrogen and oxygen atoms in total. The summed E-state index contributed by atoms with van der Waals surface area (Å²) in [7, 11) is 1.68. The van der Waals surface area contributed by atoms with E-state index in [9.17, 15) is 14.4 Å². The van der Waals surface area contributed by atoms with Gasteiger partial charge < -0.3 is 29.5 Å². The minimum absolute atomic E-state index is 0.00146. The van der Waals surface area contributed by atoms with E-state index in [2.05, 4.69) is 31.0 Å². The van der Waals surface area contributed by atoms with Crippen molar-refractivity contribution in [2.24, 2.45) is 11.8 Å². The average molecular weight is 585 g/mol. The predicted octanol–water partition coefficient (Wildman–Crippen LogP) is 3.74. The number of amides is 3. The second kappa shape index (κ2) is 15.2. The highest BCUT2D eigenvalue weighted by molar-refractivity contribution is 5.95. The number of aryl methyl sites for hydroxylation is 1. The Labute approximate surface area is 252 Å². The maximum absolute atomic E-state index is 13.9. The number of methoxy groups -OCH3 is 1. The van der Waals surface area contributed by atoms with E-state index in [-0.39, 0.29) is 35.7 Å². The summed E-state index contributed by atoms with van der Waals surface area (Å²) in [6, 6.07) is 6.23. The molecule has 0 aromatic heterocycles. The van der Waals surface area contributed by atoms with Crippen LogP contribution in [-0.2, 0) is 20.7 Å². The van der Waals surface area contributed by atoms with Crippen LogP contribution in [0.15, 0.2) is 18.2 Å². The van der Waals surface area contributed by atoms with Crippen molar-refractivity contribution >= 4 is 17.7 Å². The normalized spacial score (nSPS) is 21.0. The van der Waals surface area contributed by atoms with Crippen LogP contribution < -0.4 is 10.1 Å². The highest BCUT2D eigenvalue weighted by Crippen LogP contribution is 2.35. The third kappa shape index (κ3) is 8.25. The molecule has 9 heteroatoms. The number of benzene rings is 1. The maximum Gasteiger partial charge on any atom is 0.254 e. The Morgan fingerprint density at radius 1 is 1.07 bits per heavy atom. The first-order valence-corrected chi connectivity index (χ1v) is 16.1. The zero-order chi connectivity index (χ0) is 30.2. The van der Waals surface area contributed by atoms with Crippen LogP contribution in [0.3, 0.4) is 0 Å². The number of nitrogens with one attached hydrogen (secondary N) is 1. The van der Waals surface area contributed by atoms with Crippen LogP contribution in [0, 0.1) is 11.8 Å². The van der Waals surface area contributed by atoms with Gasteiger partial charge in [-0.2, -0.15) is 0 Å². The Morgan fingerprint density at radius 2 is 1.81 bits per heavy atom. The Kier molecular flexibility index (Phi) is 11.7. The Hall–Kier alpha value is -2.65. The molecule has 4 rings (SSSR count). The first-order valence-electron chi connectivity index (χ1n) is 16.1. The van der Waals surface area contributed by atoms with Gasteiger partial charge in [-0.15, -0.1) is 0 Å². The molecule has 3 amide bonds. The summed E-state index contributed by atoms with van der Waals surface area (Å²) in [5.41, 5.74) is 1.72. The summed E-state index contributed by atoms with van der Waals surface area (Å²) >= 11 is 0. The van der Waals surface area contributed by atoms with Crippen LogP contribution in [0.1, 0.15) is 82.1 Å². The number of nitrogens with zero attached hydrogens (tertiary/aromatic N) is 3. The van der Waals surface area contributed by atoms with Crippen LogP contribution >= 0.6 is 0 Å². The number of rotatable bonds is 14. The van der Waals surface area contributed by atoms with Gasteiger partial charge in [0.1, 0.15) is 5.75 Å². The fourth-order valence-corrected chi connectivity index (χ4v) is 6.49. The van der Waals surface area contributed by atoms with Crippen molar-refractivity contribution in [3.05, 3.63) is 29.3 Å². The standard InChI is InChI=1S/C33H52N4O5/c1-6-26-8-9-27(19-31(26)42-17-7-16-41-5)33(40)36(23(2)3)22-28-20-34-21-30(28)37(29-10-11-29)32(39)18-25-12-14-35(15-13-25)24(4)38/h8-9,19,23,25,28-30,34H,6-7,10-18,20-22H2,1-5H3/t28-,30?/m0/s1. The lowest BCUT2D eigenvalue weighted by Crippen LogP contribution is -2.51. The molecule has 1 aliphatic carbocycles. The Balaban J connectivity index is 1.43. The third-order valence-corrected chi connectivity index (χ3v) is 9.17. The molecular weight excluding hydrogens is 532 g/mol. The fraction of sp³-hybridized carbons (Fsp3) is 0.727. The van der Waals surface area contributed by atoms with E-state index < -0.39 is 0 Å². The van der Waals surface area contributed by atoms with E-state index in [1.165, 1.54) is 0 Å². The second-order valence-corrected chi connectivity index (χ2v) is 12.6. The monoisotopic (exact) mass is 584 g/mol. The zero-order valence-corrected chi connectivity index (χ0v) is 26.4. The zero-order valence-electron chi connectivity index (χ0n) is 26.4. The van der Waals surface area contributed by atoms with Gasteiger partial charge in [-0.1, -0.05) is 13.0 Å². The highest BCUT2D eigenvalue weighted by atomic mass is 16.5. The Morgan fingerprint density at radius 3 is 2.43 bits per heavy atom. The SMILES string of the molecule is CCc1ccc(C(=O)N(C[C@@H]2CNCC2N(C(=O)CC2CCN(C(C)=O)CC2)C2CC2)C(C)C)cc1OCCCOC. The highest BCUT2D eigenvalue weighted by Gasteiger charge is 2.44. The van der Waals surface area contributed by atoms with Crippen molar-refractivity contribution in [1.82, 2.24) is 20.0 Å². The number of carbonyl (C=O) groups is 3. The molecule has 0 radical (unpaired) electrons. The van der Waals surface area contributed by atoms with Crippen LogP contribution in [0.5, 0.6) is 5.75 Å². The largest absolute Gasteiger partial charge is 0.493 e. The van der Waals surface area contributed by atoms with Crippen LogP contribution in [0.25, 0.3) is 0 Å². The van der Waals surface area contributed by atoms with Gasteiger partial charge in [0.15, 0.2) is 0 Å². The smallest absolute Gasteiger partial charge is 0.254 e. The lowest BCUT2D eigenvalue weighted by Gasteiger charge is -2.38. The van der Waals surface area contributed by atoms with Gasteiger partial charge in [0.05, 0.1) is 12.6 Å². The number of ether oxygens (including phenoxy) is 2. The van der Waals surface area contributed by atoms with E-state index >= 15 is 0 Å². The number of hydrogen-bond donors (Lipinski definition) is 1. The van der Waals surface area contributed by atoms with E-state index in [0.29, 0.717) is 43.7 Å². The van der Waals surface area contributed by atoms with Crippen molar-refractivity contribution in [2.75, 3.05) is 53.0 Å². The summed E-state index contributed by atoms with van der Waals surface area (Å²) in [5.74, 6) is 1.62. The van der Waals surface area contributed by atoms with Crippen molar-refractivity contribution in [2.45, 2.75) is 90.8 Å².